The van der Waals surface area contributed by atoms with Crippen LogP contribution >= 0.6 is 0 Å². The van der Waals surface area contributed by atoms with Crippen molar-refractivity contribution in [1.29, 1.82) is 0 Å². The van der Waals surface area contributed by atoms with Crippen molar-refractivity contribution in [2.75, 3.05) is 7.11 Å². The molecule has 0 atom stereocenters. The Hall–Kier alpha value is -2.58. The Bertz CT molecular complexity index is 605. The molecule has 4 nitrogen and oxygen atoms in total. The van der Waals surface area contributed by atoms with Crippen molar-refractivity contribution in [2.45, 2.75) is 19.4 Å². The maximum absolute atomic E-state index is 12.0. The predicted octanol–water partition coefficient (Wildman–Crippen LogP) is 2.72. The minimum absolute atomic E-state index is 0.0713. The summed E-state index contributed by atoms with van der Waals surface area (Å²) in [5.41, 5.74) is 3.23. The standard InChI is InChI=1S/C17H19NO3/c1-6-14(21-5)16(20)12-8-10-13(11-9-12)17(3,4)18-15(19)7-2/h7-11H,1-2H2,3-5H3,(H,18,19). The Balaban J connectivity index is 3.02. The molecule has 0 saturated heterocycles. The topological polar surface area (TPSA) is 55.4 Å². The van der Waals surface area contributed by atoms with Crippen molar-refractivity contribution < 1.29 is 14.3 Å². The molecule has 0 aliphatic rings. The number of nitrogens with one attached hydrogen (secondary N) is 1. The van der Waals surface area contributed by atoms with Gasteiger partial charge in [-0.3, -0.25) is 9.59 Å². The molecule has 0 spiro atoms. The summed E-state index contributed by atoms with van der Waals surface area (Å²) in [6.45, 7) is 10.6. The van der Waals surface area contributed by atoms with Crippen LogP contribution in [0.3, 0.4) is 0 Å². The Morgan fingerprint density at radius 2 is 1.86 bits per heavy atom. The highest BCUT2D eigenvalue weighted by Crippen LogP contribution is 2.21. The van der Waals surface area contributed by atoms with E-state index in [4.69, 9.17) is 4.74 Å². The monoisotopic (exact) mass is 285 g/mol. The summed E-state index contributed by atoms with van der Waals surface area (Å²) in [6.07, 6.45) is 1.22. The number of rotatable bonds is 6. The Labute approximate surface area is 124 Å². The number of ether oxygens (including phenoxy) is 1. The third kappa shape index (κ3) is 3.94. The zero-order chi connectivity index (χ0) is 16.0. The SMILES string of the molecule is C=C=C(OC)C(=O)c1ccc(C(C)(C)NC(=O)C=C)cc1. The number of methoxy groups -OCH3 is 1. The van der Waals surface area contributed by atoms with Gasteiger partial charge in [0, 0.05) is 5.56 Å². The van der Waals surface area contributed by atoms with E-state index in [9.17, 15) is 9.59 Å². The molecule has 0 aliphatic heterocycles. The summed E-state index contributed by atoms with van der Waals surface area (Å²) in [4.78, 5) is 23.5. The van der Waals surface area contributed by atoms with Crippen LogP contribution < -0.4 is 5.32 Å². The first kappa shape index (κ1) is 16.5. The van der Waals surface area contributed by atoms with Crippen molar-refractivity contribution in [2.24, 2.45) is 0 Å². The lowest BCUT2D eigenvalue weighted by Crippen LogP contribution is -2.40. The van der Waals surface area contributed by atoms with Gasteiger partial charge in [-0.05, 0) is 25.5 Å². The second-order valence-corrected chi connectivity index (χ2v) is 4.93. The van der Waals surface area contributed by atoms with E-state index in [1.807, 2.05) is 13.8 Å². The van der Waals surface area contributed by atoms with Crippen LogP contribution in [0.5, 0.6) is 0 Å². The zero-order valence-electron chi connectivity index (χ0n) is 12.5. The van der Waals surface area contributed by atoms with Gasteiger partial charge in [0.15, 0.2) is 0 Å². The maximum Gasteiger partial charge on any atom is 0.244 e. The van der Waals surface area contributed by atoms with Gasteiger partial charge in [-0.1, -0.05) is 43.2 Å². The van der Waals surface area contributed by atoms with Crippen LogP contribution in [0.1, 0.15) is 29.8 Å². The summed E-state index contributed by atoms with van der Waals surface area (Å²) >= 11 is 0. The summed E-state index contributed by atoms with van der Waals surface area (Å²) in [6, 6.07) is 6.92. The number of amides is 1. The van der Waals surface area contributed by atoms with Crippen LogP contribution in [-0.4, -0.2) is 18.8 Å². The average Bonchev–Trinajstić information content (AvgIpc) is 2.48. The third-order valence-electron chi connectivity index (χ3n) is 3.06. The van der Waals surface area contributed by atoms with Crippen LogP contribution in [0, 0.1) is 0 Å². The lowest BCUT2D eigenvalue weighted by molar-refractivity contribution is -0.118. The van der Waals surface area contributed by atoms with Crippen LogP contribution in [0.4, 0.5) is 0 Å². The average molecular weight is 285 g/mol. The van der Waals surface area contributed by atoms with Crippen molar-refractivity contribution in [1.82, 2.24) is 5.32 Å². The number of carbonyl (C=O) groups is 2. The summed E-state index contributed by atoms with van der Waals surface area (Å²) in [5.74, 6) is -0.467. The van der Waals surface area contributed by atoms with Crippen LogP contribution in [0.2, 0.25) is 0 Å². The first-order chi connectivity index (χ1) is 9.85. The number of ketones is 1. The fourth-order valence-electron chi connectivity index (χ4n) is 1.85. The maximum atomic E-state index is 12.0. The van der Waals surface area contributed by atoms with E-state index in [2.05, 4.69) is 24.2 Å². The largest absolute Gasteiger partial charge is 0.486 e. The summed E-state index contributed by atoms with van der Waals surface area (Å²) in [7, 11) is 1.40. The van der Waals surface area contributed by atoms with Gasteiger partial charge in [-0.15, -0.1) is 0 Å². The fourth-order valence-corrected chi connectivity index (χ4v) is 1.85. The third-order valence-corrected chi connectivity index (χ3v) is 3.06. The Morgan fingerprint density at radius 1 is 1.29 bits per heavy atom. The van der Waals surface area contributed by atoms with E-state index < -0.39 is 5.54 Å². The van der Waals surface area contributed by atoms with Gasteiger partial charge in [-0.25, -0.2) is 0 Å². The molecule has 21 heavy (non-hydrogen) atoms. The molecule has 0 saturated carbocycles. The van der Waals surface area contributed by atoms with E-state index in [0.29, 0.717) is 5.56 Å². The molecule has 0 fully saturated rings. The van der Waals surface area contributed by atoms with Crippen LogP contribution in [0.15, 0.2) is 55.0 Å². The molecule has 4 heteroatoms. The first-order valence-electron chi connectivity index (χ1n) is 6.39. The molecule has 1 aromatic rings. The number of benzene rings is 1. The van der Waals surface area contributed by atoms with Crippen molar-refractivity contribution in [3.05, 3.63) is 66.1 Å². The molecule has 0 aromatic heterocycles. The molecular weight excluding hydrogens is 266 g/mol. The number of allylic oxidation sites excluding steroid dienone is 1. The minimum atomic E-state index is -0.564. The van der Waals surface area contributed by atoms with Crippen molar-refractivity contribution >= 4 is 11.7 Å². The smallest absolute Gasteiger partial charge is 0.244 e. The molecule has 110 valence electrons. The predicted molar refractivity (Wildman–Crippen MR) is 81.8 cm³/mol. The molecule has 1 N–H and O–H groups in total. The quantitative estimate of drug-likeness (QED) is 0.378. The highest BCUT2D eigenvalue weighted by molar-refractivity contribution is 6.07. The first-order valence-corrected chi connectivity index (χ1v) is 6.39. The second kappa shape index (κ2) is 6.73. The van der Waals surface area contributed by atoms with E-state index in [0.717, 1.165) is 5.56 Å². The number of Topliss-reactive ketones (excluding diaryl/α,β-unsaturated/α-hetero) is 1. The normalized spacial score (nSPS) is 10.2. The van der Waals surface area contributed by atoms with Crippen LogP contribution in [-0.2, 0) is 15.1 Å². The van der Waals surface area contributed by atoms with Crippen molar-refractivity contribution in [3.8, 4) is 0 Å². The number of hydrogen-bond donors (Lipinski definition) is 1. The lowest BCUT2D eigenvalue weighted by Gasteiger charge is -2.26. The molecule has 0 bridgehead atoms. The summed E-state index contributed by atoms with van der Waals surface area (Å²) < 4.78 is 4.91. The minimum Gasteiger partial charge on any atom is -0.486 e. The molecule has 0 unspecified atom stereocenters. The van der Waals surface area contributed by atoms with Gasteiger partial charge < -0.3 is 10.1 Å². The number of hydrogen-bond acceptors (Lipinski definition) is 3. The Morgan fingerprint density at radius 3 is 2.29 bits per heavy atom. The highest BCUT2D eigenvalue weighted by Gasteiger charge is 2.22. The van der Waals surface area contributed by atoms with E-state index >= 15 is 0 Å². The van der Waals surface area contributed by atoms with Gasteiger partial charge in [0.1, 0.15) is 0 Å². The molecule has 0 aliphatic carbocycles. The second-order valence-electron chi connectivity index (χ2n) is 4.93. The van der Waals surface area contributed by atoms with Gasteiger partial charge >= 0.3 is 0 Å². The van der Waals surface area contributed by atoms with Gasteiger partial charge in [0.2, 0.25) is 17.4 Å². The highest BCUT2D eigenvalue weighted by atomic mass is 16.5. The molecule has 1 amide bonds. The Kier molecular flexibility index (Phi) is 5.28. The number of carbonyl (C=O) groups excluding carboxylic acids is 2. The van der Waals surface area contributed by atoms with Gasteiger partial charge in [0.25, 0.3) is 0 Å². The van der Waals surface area contributed by atoms with Crippen molar-refractivity contribution in [3.63, 3.8) is 0 Å². The van der Waals surface area contributed by atoms with E-state index in [-0.39, 0.29) is 17.4 Å². The zero-order valence-corrected chi connectivity index (χ0v) is 12.5. The van der Waals surface area contributed by atoms with E-state index in [1.165, 1.54) is 13.2 Å². The summed E-state index contributed by atoms with van der Waals surface area (Å²) in [5, 5.41) is 2.82. The van der Waals surface area contributed by atoms with E-state index in [1.54, 1.807) is 24.3 Å². The fraction of sp³-hybridized carbons (Fsp3) is 0.235. The van der Waals surface area contributed by atoms with Gasteiger partial charge in [0.05, 0.1) is 12.6 Å². The molecular formula is C17H19NO3. The molecule has 1 rings (SSSR count). The molecule has 0 radical (unpaired) electrons. The molecule has 1 aromatic carbocycles. The van der Waals surface area contributed by atoms with Crippen LogP contribution in [0.25, 0.3) is 0 Å². The molecule has 0 heterocycles. The van der Waals surface area contributed by atoms with Gasteiger partial charge in [-0.2, -0.15) is 0 Å². The lowest BCUT2D eigenvalue weighted by atomic mass is 9.92.